The fourth-order valence-electron chi connectivity index (χ4n) is 1.99. The number of hydrogen-bond acceptors (Lipinski definition) is 7. The first-order valence-corrected chi connectivity index (χ1v) is 8.74. The Bertz CT molecular complexity index is 772. The lowest BCUT2D eigenvalue weighted by molar-refractivity contribution is -0.141. The largest absolute Gasteiger partial charge is 0.459 e. The molecule has 1 aromatic carbocycles. The number of ether oxygens (including phenoxy) is 1. The van der Waals surface area contributed by atoms with Crippen molar-refractivity contribution in [1.29, 1.82) is 0 Å². The van der Waals surface area contributed by atoms with Crippen molar-refractivity contribution in [1.82, 2.24) is 20.4 Å². The Morgan fingerprint density at radius 1 is 1.35 bits per heavy atom. The SMILES string of the molecule is Cc1c(-c2ccccc2)n[nH]c1COC(=O)CSc1nncs1. The zero-order valence-corrected chi connectivity index (χ0v) is 14.0. The first-order valence-electron chi connectivity index (χ1n) is 6.88. The van der Waals surface area contributed by atoms with Crippen molar-refractivity contribution < 1.29 is 9.53 Å². The van der Waals surface area contributed by atoms with Crippen molar-refractivity contribution in [2.45, 2.75) is 17.9 Å². The molecule has 0 spiro atoms. The van der Waals surface area contributed by atoms with Gasteiger partial charge < -0.3 is 4.74 Å². The molecule has 0 aliphatic rings. The minimum atomic E-state index is -0.291. The molecule has 0 radical (unpaired) electrons. The van der Waals surface area contributed by atoms with Gasteiger partial charge in [0.2, 0.25) is 0 Å². The molecule has 0 aliphatic heterocycles. The van der Waals surface area contributed by atoms with E-state index in [-0.39, 0.29) is 18.3 Å². The molecule has 6 nitrogen and oxygen atoms in total. The highest BCUT2D eigenvalue weighted by molar-refractivity contribution is 8.01. The van der Waals surface area contributed by atoms with Crippen molar-refractivity contribution in [3.05, 3.63) is 47.1 Å². The summed E-state index contributed by atoms with van der Waals surface area (Å²) in [6.07, 6.45) is 0. The van der Waals surface area contributed by atoms with Gasteiger partial charge in [-0.3, -0.25) is 9.89 Å². The fraction of sp³-hybridized carbons (Fsp3) is 0.200. The highest BCUT2D eigenvalue weighted by atomic mass is 32.2. The van der Waals surface area contributed by atoms with Crippen LogP contribution >= 0.6 is 23.1 Å². The predicted octanol–water partition coefficient (Wildman–Crippen LogP) is 3.07. The summed E-state index contributed by atoms with van der Waals surface area (Å²) in [5, 5.41) is 14.8. The van der Waals surface area contributed by atoms with E-state index in [9.17, 15) is 4.79 Å². The average Bonchev–Trinajstić information content (AvgIpc) is 3.22. The average molecular weight is 346 g/mol. The zero-order valence-electron chi connectivity index (χ0n) is 12.4. The van der Waals surface area contributed by atoms with Gasteiger partial charge in [0.1, 0.15) is 12.1 Å². The number of benzene rings is 1. The highest BCUT2D eigenvalue weighted by Crippen LogP contribution is 2.23. The summed E-state index contributed by atoms with van der Waals surface area (Å²) >= 11 is 2.72. The molecule has 0 unspecified atom stereocenters. The summed E-state index contributed by atoms with van der Waals surface area (Å²) in [6, 6.07) is 9.89. The third-order valence-corrected chi connectivity index (χ3v) is 5.02. The number of aromatic nitrogens is 4. The van der Waals surface area contributed by atoms with Crippen LogP contribution in [0.4, 0.5) is 0 Å². The van der Waals surface area contributed by atoms with Crippen LogP contribution in [0.1, 0.15) is 11.3 Å². The van der Waals surface area contributed by atoms with Crippen LogP contribution in [0.3, 0.4) is 0 Å². The maximum absolute atomic E-state index is 11.8. The van der Waals surface area contributed by atoms with Gasteiger partial charge in [-0.1, -0.05) is 53.4 Å². The molecular weight excluding hydrogens is 332 g/mol. The molecule has 0 fully saturated rings. The van der Waals surface area contributed by atoms with E-state index in [2.05, 4.69) is 20.4 Å². The Labute approximate surface area is 141 Å². The number of hydrogen-bond donors (Lipinski definition) is 1. The second-order valence-electron chi connectivity index (χ2n) is 4.70. The first kappa shape index (κ1) is 15.7. The molecule has 8 heteroatoms. The monoisotopic (exact) mass is 346 g/mol. The van der Waals surface area contributed by atoms with Crippen LogP contribution in [0.5, 0.6) is 0 Å². The van der Waals surface area contributed by atoms with Crippen molar-refractivity contribution >= 4 is 29.1 Å². The van der Waals surface area contributed by atoms with Crippen LogP contribution in [0, 0.1) is 6.92 Å². The smallest absolute Gasteiger partial charge is 0.316 e. The number of carbonyl (C=O) groups is 1. The molecule has 0 aliphatic carbocycles. The molecule has 2 aromatic heterocycles. The van der Waals surface area contributed by atoms with Crippen molar-refractivity contribution in [2.75, 3.05) is 5.75 Å². The molecule has 0 atom stereocenters. The normalized spacial score (nSPS) is 10.7. The predicted molar refractivity (Wildman–Crippen MR) is 89.2 cm³/mol. The first-order chi connectivity index (χ1) is 11.2. The van der Waals surface area contributed by atoms with Crippen LogP contribution in [-0.4, -0.2) is 32.1 Å². The number of H-pyrrole nitrogens is 1. The zero-order chi connectivity index (χ0) is 16.1. The minimum absolute atomic E-state index is 0.182. The van der Waals surface area contributed by atoms with Crippen LogP contribution in [0.25, 0.3) is 11.3 Å². The molecule has 118 valence electrons. The van der Waals surface area contributed by atoms with Gasteiger partial charge in [0.05, 0.1) is 17.1 Å². The third kappa shape index (κ3) is 3.96. The van der Waals surface area contributed by atoms with E-state index in [1.807, 2.05) is 37.3 Å². The summed E-state index contributed by atoms with van der Waals surface area (Å²) in [4.78, 5) is 11.8. The lowest BCUT2D eigenvalue weighted by Crippen LogP contribution is -2.08. The van der Waals surface area contributed by atoms with Crippen LogP contribution in [0.15, 0.2) is 40.2 Å². The van der Waals surface area contributed by atoms with Gasteiger partial charge >= 0.3 is 5.97 Å². The number of esters is 1. The van der Waals surface area contributed by atoms with E-state index in [1.165, 1.54) is 23.1 Å². The molecule has 0 bridgehead atoms. The van der Waals surface area contributed by atoms with Gasteiger partial charge in [-0.15, -0.1) is 10.2 Å². The second-order valence-corrected chi connectivity index (χ2v) is 6.75. The summed E-state index contributed by atoms with van der Waals surface area (Å²) < 4.78 is 6.04. The molecular formula is C15H14N4O2S2. The highest BCUT2D eigenvalue weighted by Gasteiger charge is 2.13. The van der Waals surface area contributed by atoms with E-state index in [0.717, 1.165) is 26.9 Å². The van der Waals surface area contributed by atoms with E-state index in [4.69, 9.17) is 4.74 Å². The minimum Gasteiger partial charge on any atom is -0.459 e. The molecule has 3 rings (SSSR count). The Kier molecular flexibility index (Phi) is 5.04. The van der Waals surface area contributed by atoms with E-state index in [0.29, 0.717) is 0 Å². The van der Waals surface area contributed by atoms with Crippen LogP contribution < -0.4 is 0 Å². The number of carbonyl (C=O) groups excluding carboxylic acids is 1. The summed E-state index contributed by atoms with van der Waals surface area (Å²) in [5.41, 5.74) is 5.33. The van der Waals surface area contributed by atoms with E-state index >= 15 is 0 Å². The molecule has 3 aromatic rings. The Hall–Kier alpha value is -2.19. The lowest BCUT2D eigenvalue weighted by atomic mass is 10.1. The standard InChI is InChI=1S/C15H14N4O2S2/c1-10-12(17-18-14(10)11-5-3-2-4-6-11)7-21-13(20)8-22-15-19-16-9-23-15/h2-6,9H,7-8H2,1H3,(H,17,18). The van der Waals surface area contributed by atoms with Gasteiger partial charge in [-0.2, -0.15) is 5.10 Å². The Morgan fingerprint density at radius 2 is 2.17 bits per heavy atom. The number of aromatic amines is 1. The lowest BCUT2D eigenvalue weighted by Gasteiger charge is -2.03. The maximum atomic E-state index is 11.8. The van der Waals surface area contributed by atoms with E-state index in [1.54, 1.807) is 5.51 Å². The number of rotatable bonds is 6. The van der Waals surface area contributed by atoms with Crippen molar-refractivity contribution in [3.8, 4) is 11.3 Å². The molecule has 1 N–H and O–H groups in total. The van der Waals surface area contributed by atoms with Gasteiger partial charge in [0, 0.05) is 11.1 Å². The number of thioether (sulfide) groups is 1. The van der Waals surface area contributed by atoms with Gasteiger partial charge in [-0.05, 0) is 6.92 Å². The quantitative estimate of drug-likeness (QED) is 0.546. The van der Waals surface area contributed by atoms with Crippen molar-refractivity contribution in [3.63, 3.8) is 0 Å². The Morgan fingerprint density at radius 3 is 2.91 bits per heavy atom. The molecule has 0 saturated heterocycles. The van der Waals surface area contributed by atoms with Gasteiger partial charge in [-0.25, -0.2) is 0 Å². The number of nitrogens with one attached hydrogen (secondary N) is 1. The summed E-state index contributed by atoms with van der Waals surface area (Å²) in [5.74, 6) is -0.0750. The molecule has 2 heterocycles. The van der Waals surface area contributed by atoms with Gasteiger partial charge in [0.15, 0.2) is 4.34 Å². The number of nitrogens with zero attached hydrogens (tertiary/aromatic N) is 3. The summed E-state index contributed by atoms with van der Waals surface area (Å²) in [6.45, 7) is 2.15. The molecule has 0 saturated carbocycles. The summed E-state index contributed by atoms with van der Waals surface area (Å²) in [7, 11) is 0. The maximum Gasteiger partial charge on any atom is 0.316 e. The van der Waals surface area contributed by atoms with E-state index < -0.39 is 0 Å². The third-order valence-electron chi connectivity index (χ3n) is 3.19. The Balaban J connectivity index is 1.56. The van der Waals surface area contributed by atoms with Crippen molar-refractivity contribution in [2.24, 2.45) is 0 Å². The van der Waals surface area contributed by atoms with Gasteiger partial charge in [0.25, 0.3) is 0 Å². The molecule has 23 heavy (non-hydrogen) atoms. The topological polar surface area (TPSA) is 80.8 Å². The fourth-order valence-corrected chi connectivity index (χ4v) is 3.28. The van der Waals surface area contributed by atoms with Crippen LogP contribution in [-0.2, 0) is 16.1 Å². The van der Waals surface area contributed by atoms with Crippen LogP contribution in [0.2, 0.25) is 0 Å². The second kappa shape index (κ2) is 7.38. The molecule has 0 amide bonds.